The lowest BCUT2D eigenvalue weighted by Crippen LogP contribution is -2.49. The van der Waals surface area contributed by atoms with Gasteiger partial charge in [0.15, 0.2) is 0 Å². The van der Waals surface area contributed by atoms with Crippen molar-refractivity contribution in [1.29, 1.82) is 0 Å². The minimum atomic E-state index is 0.237. The van der Waals surface area contributed by atoms with Crippen molar-refractivity contribution in [2.45, 2.75) is 64.5 Å². The van der Waals surface area contributed by atoms with Crippen molar-refractivity contribution >= 4 is 11.8 Å². The van der Waals surface area contributed by atoms with Crippen molar-refractivity contribution in [2.24, 2.45) is 17.3 Å². The molecule has 0 radical (unpaired) electrons. The van der Waals surface area contributed by atoms with Gasteiger partial charge in [0, 0.05) is 12.6 Å². The third kappa shape index (κ3) is 3.05. The second-order valence-electron chi connectivity index (χ2n) is 7.78. The Kier molecular flexibility index (Phi) is 4.41. The highest BCUT2D eigenvalue weighted by molar-refractivity contribution is 7.99. The largest absolute Gasteiger partial charge is 0.375 e. The zero-order valence-corrected chi connectivity index (χ0v) is 14.2. The molecule has 3 aliphatic rings. The van der Waals surface area contributed by atoms with Gasteiger partial charge in [-0.2, -0.15) is 11.8 Å². The molecule has 0 aromatic carbocycles. The van der Waals surface area contributed by atoms with Gasteiger partial charge in [-0.25, -0.2) is 0 Å². The van der Waals surface area contributed by atoms with E-state index in [0.29, 0.717) is 5.41 Å². The van der Waals surface area contributed by atoms with Crippen LogP contribution in [0.3, 0.4) is 0 Å². The molecule has 3 fully saturated rings. The van der Waals surface area contributed by atoms with Crippen LogP contribution < -0.4 is 5.32 Å². The molecule has 2 nitrogen and oxygen atoms in total. The zero-order valence-electron chi connectivity index (χ0n) is 13.4. The van der Waals surface area contributed by atoms with E-state index in [0.717, 1.165) is 31.0 Å². The average Bonchev–Trinajstić information content (AvgIpc) is 3.05. The predicted octanol–water partition coefficient (Wildman–Crippen LogP) is 3.70. The molecule has 116 valence electrons. The van der Waals surface area contributed by atoms with Gasteiger partial charge in [-0.3, -0.25) is 0 Å². The molecule has 1 aliphatic carbocycles. The van der Waals surface area contributed by atoms with Crippen LogP contribution in [0.2, 0.25) is 0 Å². The van der Waals surface area contributed by atoms with E-state index in [-0.39, 0.29) is 5.60 Å². The molecule has 3 atom stereocenters. The number of hydrogen-bond donors (Lipinski definition) is 1. The molecule has 1 N–H and O–H groups in total. The Labute approximate surface area is 128 Å². The van der Waals surface area contributed by atoms with Crippen LogP contribution in [0.1, 0.15) is 52.9 Å². The number of thioether (sulfide) groups is 1. The van der Waals surface area contributed by atoms with E-state index < -0.39 is 0 Å². The molecule has 20 heavy (non-hydrogen) atoms. The fourth-order valence-electron chi connectivity index (χ4n) is 4.46. The Balaban J connectivity index is 1.67. The Morgan fingerprint density at radius 1 is 1.25 bits per heavy atom. The number of rotatable bonds is 4. The van der Waals surface area contributed by atoms with Crippen LogP contribution in [0.4, 0.5) is 0 Å². The number of hydrogen-bond acceptors (Lipinski definition) is 3. The molecule has 0 aromatic heterocycles. The minimum absolute atomic E-state index is 0.237. The zero-order chi connectivity index (χ0) is 14.2. The van der Waals surface area contributed by atoms with Gasteiger partial charge in [0.25, 0.3) is 0 Å². The van der Waals surface area contributed by atoms with E-state index in [1.165, 1.54) is 43.6 Å². The second kappa shape index (κ2) is 5.81. The van der Waals surface area contributed by atoms with Crippen molar-refractivity contribution in [3.05, 3.63) is 0 Å². The topological polar surface area (TPSA) is 21.3 Å². The molecule has 2 heterocycles. The van der Waals surface area contributed by atoms with Gasteiger partial charge in [0.05, 0.1) is 5.60 Å². The van der Waals surface area contributed by atoms with Crippen LogP contribution in [0.25, 0.3) is 0 Å². The van der Waals surface area contributed by atoms with Crippen molar-refractivity contribution in [2.75, 3.05) is 24.7 Å². The Morgan fingerprint density at radius 3 is 2.55 bits per heavy atom. The van der Waals surface area contributed by atoms with Gasteiger partial charge in [-0.15, -0.1) is 0 Å². The highest BCUT2D eigenvalue weighted by atomic mass is 32.2. The fourth-order valence-corrected chi connectivity index (χ4v) is 5.69. The van der Waals surface area contributed by atoms with E-state index in [9.17, 15) is 0 Å². The summed E-state index contributed by atoms with van der Waals surface area (Å²) < 4.78 is 6.28. The quantitative estimate of drug-likeness (QED) is 0.855. The highest BCUT2D eigenvalue weighted by Crippen LogP contribution is 2.56. The van der Waals surface area contributed by atoms with Crippen LogP contribution in [-0.4, -0.2) is 36.3 Å². The molecular weight excluding hydrogens is 266 g/mol. The molecule has 3 heteroatoms. The van der Waals surface area contributed by atoms with Crippen LogP contribution in [0.5, 0.6) is 0 Å². The monoisotopic (exact) mass is 297 g/mol. The summed E-state index contributed by atoms with van der Waals surface area (Å²) in [6.07, 6.45) is 6.53. The Hall–Kier alpha value is 0.270. The first kappa shape index (κ1) is 15.2. The third-order valence-electron chi connectivity index (χ3n) is 5.91. The van der Waals surface area contributed by atoms with Crippen LogP contribution in [0.15, 0.2) is 0 Å². The van der Waals surface area contributed by atoms with Gasteiger partial charge in [0.2, 0.25) is 0 Å². The molecule has 3 unspecified atom stereocenters. The number of ether oxygens (including phenoxy) is 1. The normalized spacial score (nSPS) is 36.8. The first-order valence-electron chi connectivity index (χ1n) is 8.51. The summed E-state index contributed by atoms with van der Waals surface area (Å²) in [5.74, 6) is 4.32. The van der Waals surface area contributed by atoms with E-state index in [1.807, 2.05) is 0 Å². The highest BCUT2D eigenvalue weighted by Gasteiger charge is 2.53. The maximum atomic E-state index is 6.28. The first-order chi connectivity index (χ1) is 9.56. The van der Waals surface area contributed by atoms with E-state index in [4.69, 9.17) is 4.74 Å². The fraction of sp³-hybridized carbons (Fsp3) is 1.00. The van der Waals surface area contributed by atoms with Crippen molar-refractivity contribution in [3.63, 3.8) is 0 Å². The minimum Gasteiger partial charge on any atom is -0.375 e. The van der Waals surface area contributed by atoms with E-state index >= 15 is 0 Å². The van der Waals surface area contributed by atoms with E-state index in [1.54, 1.807) is 0 Å². The maximum absolute atomic E-state index is 6.28. The smallest absolute Gasteiger partial charge is 0.0701 e. The molecule has 2 saturated heterocycles. The van der Waals surface area contributed by atoms with Crippen LogP contribution in [0, 0.1) is 17.3 Å². The SMILES string of the molecule is CCNC(C1CCOC2(CCSCC2)C1)C1CC1(C)C. The summed E-state index contributed by atoms with van der Waals surface area (Å²) in [5, 5.41) is 3.83. The standard InChI is InChI=1S/C17H31NOS/c1-4-18-15(14-12-16(14,2)3)13-5-8-19-17(11-13)6-9-20-10-7-17/h13-15,18H,4-12H2,1-3H3. The molecule has 2 aliphatic heterocycles. The summed E-state index contributed by atoms with van der Waals surface area (Å²) in [6.45, 7) is 9.24. The first-order valence-corrected chi connectivity index (χ1v) is 9.67. The van der Waals surface area contributed by atoms with Crippen molar-refractivity contribution in [1.82, 2.24) is 5.32 Å². The summed E-state index contributed by atoms with van der Waals surface area (Å²) >= 11 is 2.11. The van der Waals surface area contributed by atoms with Gasteiger partial charge in [-0.1, -0.05) is 20.8 Å². The van der Waals surface area contributed by atoms with Crippen LogP contribution in [-0.2, 0) is 4.74 Å². The van der Waals surface area contributed by atoms with Gasteiger partial charge < -0.3 is 10.1 Å². The molecule has 3 rings (SSSR count). The molecule has 1 spiro atoms. The van der Waals surface area contributed by atoms with E-state index in [2.05, 4.69) is 37.8 Å². The lowest BCUT2D eigenvalue weighted by Gasteiger charge is -2.46. The Bertz CT molecular complexity index is 332. The van der Waals surface area contributed by atoms with Gasteiger partial charge >= 0.3 is 0 Å². The average molecular weight is 298 g/mol. The summed E-state index contributed by atoms with van der Waals surface area (Å²) in [5.41, 5.74) is 0.807. The Morgan fingerprint density at radius 2 is 1.95 bits per heavy atom. The van der Waals surface area contributed by atoms with Crippen molar-refractivity contribution < 1.29 is 4.74 Å². The molecule has 0 amide bonds. The lowest BCUT2D eigenvalue weighted by atomic mass is 9.76. The van der Waals surface area contributed by atoms with Crippen molar-refractivity contribution in [3.8, 4) is 0 Å². The van der Waals surface area contributed by atoms with Gasteiger partial charge in [0.1, 0.15) is 0 Å². The second-order valence-corrected chi connectivity index (χ2v) is 9.00. The number of nitrogens with one attached hydrogen (secondary N) is 1. The molecule has 0 bridgehead atoms. The van der Waals surface area contributed by atoms with Gasteiger partial charge in [-0.05, 0) is 67.4 Å². The maximum Gasteiger partial charge on any atom is 0.0701 e. The summed E-state index contributed by atoms with van der Waals surface area (Å²) in [6, 6.07) is 0.727. The predicted molar refractivity (Wildman–Crippen MR) is 87.3 cm³/mol. The van der Waals surface area contributed by atoms with Crippen LogP contribution >= 0.6 is 11.8 Å². The third-order valence-corrected chi connectivity index (χ3v) is 6.89. The molecular formula is C17H31NOS. The molecule has 1 saturated carbocycles. The lowest BCUT2D eigenvalue weighted by molar-refractivity contribution is -0.108. The summed E-state index contributed by atoms with van der Waals surface area (Å²) in [7, 11) is 0. The molecule has 0 aromatic rings. The summed E-state index contributed by atoms with van der Waals surface area (Å²) in [4.78, 5) is 0.